The number of rotatable bonds is 3. The maximum atomic E-state index is 13.5. The molecule has 0 amide bonds. The van der Waals surface area contributed by atoms with Crippen LogP contribution < -0.4 is 0 Å². The van der Waals surface area contributed by atoms with Gasteiger partial charge in [-0.2, -0.15) is 0 Å². The summed E-state index contributed by atoms with van der Waals surface area (Å²) in [7, 11) is 0. The molecule has 0 aliphatic heterocycles. The van der Waals surface area contributed by atoms with E-state index in [2.05, 4.69) is 0 Å². The van der Waals surface area contributed by atoms with Crippen molar-refractivity contribution in [1.29, 1.82) is 0 Å². The molecule has 3 heteroatoms. The summed E-state index contributed by atoms with van der Waals surface area (Å²) in [4.78, 5) is 0. The topological polar surface area (TPSA) is 20.2 Å². The maximum Gasteiger partial charge on any atom is 0.131 e. The van der Waals surface area contributed by atoms with Gasteiger partial charge in [-0.3, -0.25) is 0 Å². The highest BCUT2D eigenvalue weighted by Gasteiger charge is 2.22. The van der Waals surface area contributed by atoms with E-state index in [0.717, 1.165) is 25.7 Å². The minimum Gasteiger partial charge on any atom is -0.388 e. The molecule has 0 heterocycles. The lowest BCUT2D eigenvalue weighted by molar-refractivity contribution is 0.131. The monoisotopic (exact) mass is 254 g/mol. The Hall–Kier alpha value is -0.960. The minimum absolute atomic E-state index is 0.165. The van der Waals surface area contributed by atoms with Crippen LogP contribution in [0, 0.1) is 17.6 Å². The third-order valence-electron chi connectivity index (χ3n) is 3.86. The maximum absolute atomic E-state index is 13.5. The molecule has 1 N–H and O–H groups in total. The molecule has 1 aliphatic rings. The predicted molar refractivity (Wildman–Crippen MR) is 67.1 cm³/mol. The van der Waals surface area contributed by atoms with Crippen molar-refractivity contribution in [2.75, 3.05) is 0 Å². The van der Waals surface area contributed by atoms with Crippen molar-refractivity contribution < 1.29 is 13.9 Å². The van der Waals surface area contributed by atoms with Crippen LogP contribution in [0.5, 0.6) is 0 Å². The van der Waals surface area contributed by atoms with E-state index in [1.807, 2.05) is 0 Å². The van der Waals surface area contributed by atoms with Gasteiger partial charge in [0.25, 0.3) is 0 Å². The van der Waals surface area contributed by atoms with Crippen LogP contribution in [0.1, 0.15) is 56.6 Å². The zero-order chi connectivity index (χ0) is 13.0. The van der Waals surface area contributed by atoms with Crippen LogP contribution in [0.25, 0.3) is 0 Å². The average Bonchev–Trinajstić information content (AvgIpc) is 2.57. The summed E-state index contributed by atoms with van der Waals surface area (Å²) in [6.07, 6.45) is 6.38. The van der Waals surface area contributed by atoms with E-state index in [-0.39, 0.29) is 5.56 Å². The van der Waals surface area contributed by atoms with Crippen molar-refractivity contribution in [2.45, 2.75) is 51.0 Å². The highest BCUT2D eigenvalue weighted by molar-refractivity contribution is 5.22. The average molecular weight is 254 g/mol. The molecule has 0 saturated heterocycles. The number of aliphatic hydroxyl groups excluding tert-OH is 1. The SMILES string of the molecule is OC(CC1CCCCCC1)c1c(F)cccc1F. The fraction of sp³-hybridized carbons (Fsp3) is 0.600. The first-order chi connectivity index (χ1) is 8.68. The van der Waals surface area contributed by atoms with E-state index in [1.54, 1.807) is 0 Å². The molecule has 18 heavy (non-hydrogen) atoms. The summed E-state index contributed by atoms with van der Waals surface area (Å²) in [5, 5.41) is 10.0. The van der Waals surface area contributed by atoms with Gasteiger partial charge in [0.2, 0.25) is 0 Å². The summed E-state index contributed by atoms with van der Waals surface area (Å²) in [6, 6.07) is 3.73. The Kier molecular flexibility index (Phi) is 4.70. The predicted octanol–water partition coefficient (Wildman–Crippen LogP) is 4.36. The fourth-order valence-corrected chi connectivity index (χ4v) is 2.86. The highest BCUT2D eigenvalue weighted by atomic mass is 19.1. The third-order valence-corrected chi connectivity index (χ3v) is 3.86. The Morgan fingerprint density at radius 2 is 1.61 bits per heavy atom. The van der Waals surface area contributed by atoms with Crippen LogP contribution in [-0.4, -0.2) is 5.11 Å². The number of aliphatic hydroxyl groups is 1. The summed E-state index contributed by atoms with van der Waals surface area (Å²) in [6.45, 7) is 0. The Morgan fingerprint density at radius 3 is 2.17 bits per heavy atom. The molecule has 0 aromatic heterocycles. The molecular formula is C15H20F2O. The molecule has 1 nitrogen and oxygen atoms in total. The summed E-state index contributed by atoms with van der Waals surface area (Å²) >= 11 is 0. The molecule has 1 unspecified atom stereocenters. The Morgan fingerprint density at radius 1 is 1.06 bits per heavy atom. The van der Waals surface area contributed by atoms with Crippen molar-refractivity contribution in [2.24, 2.45) is 5.92 Å². The largest absolute Gasteiger partial charge is 0.388 e. The summed E-state index contributed by atoms with van der Waals surface area (Å²) in [5.74, 6) is -0.895. The van der Waals surface area contributed by atoms with Gasteiger partial charge in [-0.05, 0) is 24.5 Å². The molecule has 1 atom stereocenters. The van der Waals surface area contributed by atoms with Crippen LogP contribution in [-0.2, 0) is 0 Å². The number of hydrogen-bond donors (Lipinski definition) is 1. The first-order valence-corrected chi connectivity index (χ1v) is 6.80. The second-order valence-electron chi connectivity index (χ2n) is 5.24. The van der Waals surface area contributed by atoms with Gasteiger partial charge in [0.05, 0.1) is 11.7 Å². The van der Waals surface area contributed by atoms with E-state index < -0.39 is 17.7 Å². The van der Waals surface area contributed by atoms with Crippen LogP contribution >= 0.6 is 0 Å². The summed E-state index contributed by atoms with van der Waals surface area (Å²) < 4.78 is 27.1. The smallest absolute Gasteiger partial charge is 0.131 e. The van der Waals surface area contributed by atoms with Gasteiger partial charge < -0.3 is 5.11 Å². The van der Waals surface area contributed by atoms with Crippen molar-refractivity contribution >= 4 is 0 Å². The molecule has 0 radical (unpaired) electrons. The molecule has 2 rings (SSSR count). The summed E-state index contributed by atoms with van der Waals surface area (Å²) in [5.41, 5.74) is -0.165. The number of halogens is 2. The van der Waals surface area contributed by atoms with Crippen molar-refractivity contribution in [3.05, 3.63) is 35.4 Å². The van der Waals surface area contributed by atoms with Crippen LogP contribution in [0.4, 0.5) is 8.78 Å². The van der Waals surface area contributed by atoms with Gasteiger partial charge in [0.1, 0.15) is 11.6 Å². The molecule has 0 bridgehead atoms. The highest BCUT2D eigenvalue weighted by Crippen LogP contribution is 2.32. The lowest BCUT2D eigenvalue weighted by Gasteiger charge is -2.19. The van der Waals surface area contributed by atoms with Gasteiger partial charge >= 0.3 is 0 Å². The second kappa shape index (κ2) is 6.28. The molecule has 0 spiro atoms. The van der Waals surface area contributed by atoms with Gasteiger partial charge in [0, 0.05) is 0 Å². The molecule has 1 saturated carbocycles. The van der Waals surface area contributed by atoms with E-state index in [0.29, 0.717) is 12.3 Å². The van der Waals surface area contributed by atoms with Crippen LogP contribution in [0.15, 0.2) is 18.2 Å². The Balaban J connectivity index is 2.04. The Bertz CT molecular complexity index is 364. The zero-order valence-corrected chi connectivity index (χ0v) is 10.5. The van der Waals surface area contributed by atoms with Gasteiger partial charge in [-0.15, -0.1) is 0 Å². The first-order valence-electron chi connectivity index (χ1n) is 6.80. The normalized spacial score (nSPS) is 19.5. The molecule has 1 aromatic rings. The standard InChI is InChI=1S/C15H20F2O/c16-12-8-5-9-13(17)15(12)14(18)10-11-6-3-1-2-4-7-11/h5,8-9,11,14,18H,1-4,6-7,10H2. The van der Waals surface area contributed by atoms with E-state index in [9.17, 15) is 13.9 Å². The molecular weight excluding hydrogens is 234 g/mol. The number of benzene rings is 1. The third kappa shape index (κ3) is 3.29. The van der Waals surface area contributed by atoms with Gasteiger partial charge in [-0.25, -0.2) is 8.78 Å². The zero-order valence-electron chi connectivity index (χ0n) is 10.5. The van der Waals surface area contributed by atoms with Gasteiger partial charge in [-0.1, -0.05) is 44.6 Å². The quantitative estimate of drug-likeness (QED) is 0.795. The van der Waals surface area contributed by atoms with E-state index >= 15 is 0 Å². The number of hydrogen-bond acceptors (Lipinski definition) is 1. The first kappa shape index (κ1) is 13.5. The lowest BCUT2D eigenvalue weighted by atomic mass is 9.91. The van der Waals surface area contributed by atoms with Crippen LogP contribution in [0.2, 0.25) is 0 Å². The van der Waals surface area contributed by atoms with Crippen LogP contribution in [0.3, 0.4) is 0 Å². The van der Waals surface area contributed by atoms with E-state index in [1.165, 1.54) is 31.0 Å². The van der Waals surface area contributed by atoms with Crippen molar-refractivity contribution in [1.82, 2.24) is 0 Å². The van der Waals surface area contributed by atoms with Crippen molar-refractivity contribution in [3.8, 4) is 0 Å². The van der Waals surface area contributed by atoms with Gasteiger partial charge in [0.15, 0.2) is 0 Å². The Labute approximate surface area is 107 Å². The van der Waals surface area contributed by atoms with E-state index in [4.69, 9.17) is 0 Å². The minimum atomic E-state index is -1.02. The molecule has 1 aromatic carbocycles. The van der Waals surface area contributed by atoms with Crippen molar-refractivity contribution in [3.63, 3.8) is 0 Å². The molecule has 1 fully saturated rings. The molecule has 100 valence electrons. The fourth-order valence-electron chi connectivity index (χ4n) is 2.86. The molecule has 1 aliphatic carbocycles. The lowest BCUT2D eigenvalue weighted by Crippen LogP contribution is -2.10. The second-order valence-corrected chi connectivity index (χ2v) is 5.24.